The van der Waals surface area contributed by atoms with Crippen LogP contribution in [0.15, 0.2) is 18.2 Å². The van der Waals surface area contributed by atoms with E-state index in [4.69, 9.17) is 14.6 Å². The predicted molar refractivity (Wildman–Crippen MR) is 68.9 cm³/mol. The quantitative estimate of drug-likeness (QED) is 0.643. The van der Waals surface area contributed by atoms with Gasteiger partial charge >= 0.3 is 0 Å². The smallest absolute Gasteiger partial charge is 0.161 e. The highest BCUT2D eigenvalue weighted by Crippen LogP contribution is 2.26. The molecule has 0 fully saturated rings. The minimum atomic E-state index is -0.0978. The van der Waals surface area contributed by atoms with Gasteiger partial charge in [0.25, 0.3) is 0 Å². The number of phenols is 1. The summed E-state index contributed by atoms with van der Waals surface area (Å²) in [4.78, 5) is 0. The lowest BCUT2D eigenvalue weighted by Gasteiger charge is -2.15. The fourth-order valence-corrected chi connectivity index (χ4v) is 1.58. The van der Waals surface area contributed by atoms with Crippen molar-refractivity contribution >= 4 is 0 Å². The van der Waals surface area contributed by atoms with Gasteiger partial charge in [0.2, 0.25) is 0 Å². The van der Waals surface area contributed by atoms with E-state index < -0.39 is 0 Å². The van der Waals surface area contributed by atoms with Gasteiger partial charge in [-0.2, -0.15) is 0 Å². The molecule has 0 saturated carbocycles. The third-order valence-corrected chi connectivity index (χ3v) is 2.51. The molecular formula is C13H21NO4. The summed E-state index contributed by atoms with van der Waals surface area (Å²) in [5.74, 6) is 0.611. The van der Waals surface area contributed by atoms with E-state index in [-0.39, 0.29) is 18.4 Å². The third kappa shape index (κ3) is 4.52. The fourth-order valence-electron chi connectivity index (χ4n) is 1.58. The molecule has 0 aliphatic rings. The molecule has 1 unspecified atom stereocenters. The van der Waals surface area contributed by atoms with Crippen LogP contribution in [0.25, 0.3) is 0 Å². The van der Waals surface area contributed by atoms with Crippen molar-refractivity contribution in [3.8, 4) is 11.5 Å². The third-order valence-electron chi connectivity index (χ3n) is 2.51. The van der Waals surface area contributed by atoms with Crippen LogP contribution in [-0.2, 0) is 11.3 Å². The van der Waals surface area contributed by atoms with Crippen molar-refractivity contribution in [3.63, 3.8) is 0 Å². The van der Waals surface area contributed by atoms with Crippen LogP contribution in [0.2, 0.25) is 0 Å². The number of methoxy groups -OCH3 is 1. The minimum Gasteiger partial charge on any atom is -0.504 e. The number of rotatable bonds is 8. The summed E-state index contributed by atoms with van der Waals surface area (Å²) in [6.07, 6.45) is 0. The Morgan fingerprint density at radius 3 is 2.78 bits per heavy atom. The van der Waals surface area contributed by atoms with E-state index in [0.29, 0.717) is 25.5 Å². The number of nitrogens with one attached hydrogen (secondary N) is 1. The zero-order valence-electron chi connectivity index (χ0n) is 10.8. The molecule has 3 N–H and O–H groups in total. The molecule has 0 radical (unpaired) electrons. The fraction of sp³-hybridized carbons (Fsp3) is 0.538. The highest BCUT2D eigenvalue weighted by molar-refractivity contribution is 5.41. The van der Waals surface area contributed by atoms with Gasteiger partial charge in [-0.3, -0.25) is 0 Å². The number of ether oxygens (including phenoxy) is 2. The summed E-state index contributed by atoms with van der Waals surface area (Å²) >= 11 is 0. The molecule has 0 bridgehead atoms. The first-order chi connectivity index (χ1) is 8.71. The monoisotopic (exact) mass is 255 g/mol. The van der Waals surface area contributed by atoms with Crippen molar-refractivity contribution in [1.82, 2.24) is 5.32 Å². The molecule has 0 saturated heterocycles. The van der Waals surface area contributed by atoms with E-state index in [1.165, 1.54) is 0 Å². The van der Waals surface area contributed by atoms with E-state index in [1.54, 1.807) is 19.2 Å². The molecule has 5 heteroatoms. The first-order valence-electron chi connectivity index (χ1n) is 5.99. The molecule has 102 valence electrons. The van der Waals surface area contributed by atoms with Gasteiger partial charge in [0.1, 0.15) is 0 Å². The summed E-state index contributed by atoms with van der Waals surface area (Å²) in [6.45, 7) is 3.42. The van der Waals surface area contributed by atoms with Crippen molar-refractivity contribution in [2.45, 2.75) is 19.5 Å². The Hall–Kier alpha value is -1.30. The van der Waals surface area contributed by atoms with Crippen LogP contribution in [0.5, 0.6) is 11.5 Å². The highest BCUT2D eigenvalue weighted by atomic mass is 16.5. The molecule has 0 aliphatic carbocycles. The average Bonchev–Trinajstić information content (AvgIpc) is 2.38. The number of aliphatic hydroxyl groups excluding tert-OH is 1. The number of benzene rings is 1. The Balaban J connectivity index is 2.58. The minimum absolute atomic E-state index is 0.0181. The van der Waals surface area contributed by atoms with Crippen LogP contribution in [0, 0.1) is 0 Å². The first-order valence-corrected chi connectivity index (χ1v) is 5.99. The van der Waals surface area contributed by atoms with Crippen molar-refractivity contribution in [3.05, 3.63) is 23.8 Å². The second-order valence-electron chi connectivity index (χ2n) is 3.95. The van der Waals surface area contributed by atoms with Crippen molar-refractivity contribution in [2.75, 3.05) is 26.9 Å². The maximum atomic E-state index is 9.57. The summed E-state index contributed by atoms with van der Waals surface area (Å²) < 4.78 is 10.3. The molecule has 1 atom stereocenters. The second-order valence-corrected chi connectivity index (χ2v) is 3.95. The number of aliphatic hydroxyl groups is 1. The van der Waals surface area contributed by atoms with Gasteiger partial charge in [0, 0.05) is 13.7 Å². The number of phenolic OH excluding ortho intramolecular Hbond substituents is 1. The van der Waals surface area contributed by atoms with Crippen LogP contribution in [0.4, 0.5) is 0 Å². The SMILES string of the molecule is CCOc1cc(CNC(CO)COC)ccc1O. The second kappa shape index (κ2) is 7.92. The first kappa shape index (κ1) is 14.8. The molecule has 0 aliphatic heterocycles. The Bertz CT molecular complexity index is 357. The van der Waals surface area contributed by atoms with Crippen LogP contribution >= 0.6 is 0 Å². The number of hydrogen-bond acceptors (Lipinski definition) is 5. The predicted octanol–water partition coefficient (Wildman–Crippen LogP) is 0.888. The zero-order chi connectivity index (χ0) is 13.4. The van der Waals surface area contributed by atoms with Gasteiger partial charge < -0.3 is 25.0 Å². The normalized spacial score (nSPS) is 12.4. The van der Waals surface area contributed by atoms with Gasteiger partial charge in [-0.25, -0.2) is 0 Å². The van der Waals surface area contributed by atoms with Crippen LogP contribution in [0.3, 0.4) is 0 Å². The van der Waals surface area contributed by atoms with E-state index in [2.05, 4.69) is 5.32 Å². The Kier molecular flexibility index (Phi) is 6.49. The van der Waals surface area contributed by atoms with Gasteiger partial charge in [-0.1, -0.05) is 6.07 Å². The lowest BCUT2D eigenvalue weighted by molar-refractivity contribution is 0.128. The zero-order valence-corrected chi connectivity index (χ0v) is 10.8. The van der Waals surface area contributed by atoms with E-state index in [0.717, 1.165) is 5.56 Å². The topological polar surface area (TPSA) is 71.0 Å². The Morgan fingerprint density at radius 1 is 1.39 bits per heavy atom. The van der Waals surface area contributed by atoms with Crippen molar-refractivity contribution in [2.24, 2.45) is 0 Å². The Labute approximate surface area is 107 Å². The number of aromatic hydroxyl groups is 1. The van der Waals surface area contributed by atoms with Gasteiger partial charge in [0.05, 0.1) is 25.9 Å². The molecule has 1 aromatic rings. The molecule has 1 rings (SSSR count). The Morgan fingerprint density at radius 2 is 2.17 bits per heavy atom. The molecule has 0 heterocycles. The lowest BCUT2D eigenvalue weighted by Crippen LogP contribution is -2.35. The maximum Gasteiger partial charge on any atom is 0.161 e. The van der Waals surface area contributed by atoms with Gasteiger partial charge in [-0.15, -0.1) is 0 Å². The summed E-state index contributed by atoms with van der Waals surface area (Å²) in [6, 6.07) is 5.10. The molecule has 0 aromatic heterocycles. The van der Waals surface area contributed by atoms with Gasteiger partial charge in [-0.05, 0) is 24.6 Å². The van der Waals surface area contributed by atoms with E-state index >= 15 is 0 Å². The molecule has 18 heavy (non-hydrogen) atoms. The van der Waals surface area contributed by atoms with E-state index in [9.17, 15) is 5.11 Å². The van der Waals surface area contributed by atoms with E-state index in [1.807, 2.05) is 13.0 Å². The average molecular weight is 255 g/mol. The van der Waals surface area contributed by atoms with Crippen molar-refractivity contribution in [1.29, 1.82) is 0 Å². The van der Waals surface area contributed by atoms with Crippen LogP contribution in [-0.4, -0.2) is 43.2 Å². The summed E-state index contributed by atoms with van der Waals surface area (Å²) in [5.41, 5.74) is 0.978. The lowest BCUT2D eigenvalue weighted by atomic mass is 10.2. The molecule has 0 spiro atoms. The highest BCUT2D eigenvalue weighted by Gasteiger charge is 2.08. The summed E-state index contributed by atoms with van der Waals surface area (Å²) in [7, 11) is 1.60. The number of hydrogen-bond donors (Lipinski definition) is 3. The standard InChI is InChI=1S/C13H21NO4/c1-3-18-13-6-10(4-5-12(13)16)7-14-11(8-15)9-17-2/h4-6,11,14-16H,3,7-9H2,1-2H3. The largest absolute Gasteiger partial charge is 0.504 e. The van der Waals surface area contributed by atoms with Crippen LogP contribution < -0.4 is 10.1 Å². The maximum absolute atomic E-state index is 9.57. The molecule has 5 nitrogen and oxygen atoms in total. The van der Waals surface area contributed by atoms with Crippen LogP contribution in [0.1, 0.15) is 12.5 Å². The van der Waals surface area contributed by atoms with Gasteiger partial charge in [0.15, 0.2) is 11.5 Å². The molecular weight excluding hydrogens is 234 g/mol. The summed E-state index contributed by atoms with van der Waals surface area (Å²) in [5, 5.41) is 21.8. The molecule has 1 aromatic carbocycles. The molecule has 0 amide bonds. The van der Waals surface area contributed by atoms with Crippen molar-refractivity contribution < 1.29 is 19.7 Å².